The van der Waals surface area contributed by atoms with Gasteiger partial charge in [0.2, 0.25) is 5.88 Å². The van der Waals surface area contributed by atoms with Gasteiger partial charge in [0.25, 0.3) is 0 Å². The Balaban J connectivity index is 1.36. The van der Waals surface area contributed by atoms with E-state index in [1.54, 1.807) is 0 Å². The van der Waals surface area contributed by atoms with Crippen molar-refractivity contribution in [3.63, 3.8) is 0 Å². The fraction of sp³-hybridized carbons (Fsp3) is 0.429. The Hall–Kier alpha value is -4.04. The van der Waals surface area contributed by atoms with Gasteiger partial charge in [0.1, 0.15) is 35.3 Å². The summed E-state index contributed by atoms with van der Waals surface area (Å²) in [5.41, 5.74) is 1.58. The first kappa shape index (κ1) is 28.4. The number of hydrogen-bond donors (Lipinski definition) is 2. The molecule has 2 N–H and O–H groups in total. The van der Waals surface area contributed by atoms with Crippen LogP contribution in [0, 0.1) is 30.9 Å². The number of nitrogens with one attached hydrogen (secondary N) is 1. The molecule has 45 heavy (non-hydrogen) atoms. The van der Waals surface area contributed by atoms with Gasteiger partial charge >= 0.3 is 0 Å². The molecule has 4 atom stereocenters. The topological polar surface area (TPSA) is 89.0 Å². The lowest BCUT2D eigenvalue weighted by Gasteiger charge is -2.43. The number of nitrogens with zero attached hydrogens (tertiary/aromatic N) is 3. The highest BCUT2D eigenvalue weighted by Crippen LogP contribution is 2.47. The van der Waals surface area contributed by atoms with E-state index in [4.69, 9.17) is 30.6 Å². The first-order valence-corrected chi connectivity index (χ1v) is 15.7. The summed E-state index contributed by atoms with van der Waals surface area (Å²) in [6.07, 6.45) is 8.98. The van der Waals surface area contributed by atoms with Crippen molar-refractivity contribution >= 4 is 27.4 Å². The van der Waals surface area contributed by atoms with Crippen LogP contribution >= 0.6 is 0 Å². The van der Waals surface area contributed by atoms with Gasteiger partial charge in [-0.25, -0.2) is 18.7 Å². The average molecular weight is 613 g/mol. The normalized spacial score (nSPS) is 23.8. The Morgan fingerprint density at radius 1 is 1.16 bits per heavy atom. The maximum absolute atomic E-state index is 17.2. The summed E-state index contributed by atoms with van der Waals surface area (Å²) < 4.78 is 50.0. The molecule has 0 spiro atoms. The summed E-state index contributed by atoms with van der Waals surface area (Å²) >= 11 is 0. The van der Waals surface area contributed by atoms with E-state index in [1.807, 2.05) is 13.8 Å². The second-order valence-corrected chi connectivity index (χ2v) is 12.6. The first-order chi connectivity index (χ1) is 21.8. The zero-order valence-electron chi connectivity index (χ0n) is 25.2. The third-order valence-electron chi connectivity index (χ3n) is 9.86. The maximum atomic E-state index is 17.2. The van der Waals surface area contributed by atoms with Crippen LogP contribution in [0.2, 0.25) is 0 Å². The van der Waals surface area contributed by atoms with Gasteiger partial charge in [-0.1, -0.05) is 12.0 Å². The molecule has 4 aromatic rings. The molecule has 232 valence electrons. The maximum Gasteiger partial charge on any atom is 0.226 e. The third-order valence-corrected chi connectivity index (χ3v) is 9.86. The summed E-state index contributed by atoms with van der Waals surface area (Å²) in [5.74, 6) is 2.05. The van der Waals surface area contributed by atoms with Gasteiger partial charge in [0, 0.05) is 47.3 Å². The van der Waals surface area contributed by atoms with Crippen molar-refractivity contribution in [2.75, 3.05) is 31.3 Å². The van der Waals surface area contributed by atoms with E-state index in [-0.39, 0.29) is 52.7 Å². The van der Waals surface area contributed by atoms with Crippen molar-refractivity contribution in [1.29, 1.82) is 0 Å². The highest BCUT2D eigenvalue weighted by Gasteiger charge is 2.47. The van der Waals surface area contributed by atoms with E-state index >= 15 is 4.39 Å². The predicted octanol–water partition coefficient (Wildman–Crippen LogP) is 5.16. The number of aromatic nitrogens is 2. The summed E-state index contributed by atoms with van der Waals surface area (Å²) in [4.78, 5) is 12.3. The third kappa shape index (κ3) is 4.51. The van der Waals surface area contributed by atoms with Crippen molar-refractivity contribution in [2.45, 2.75) is 69.9 Å². The van der Waals surface area contributed by atoms with E-state index in [9.17, 15) is 9.50 Å². The summed E-state index contributed by atoms with van der Waals surface area (Å²) in [6.45, 7) is 6.40. The van der Waals surface area contributed by atoms with Crippen molar-refractivity contribution < 1.29 is 28.1 Å². The monoisotopic (exact) mass is 612 g/mol. The van der Waals surface area contributed by atoms with Crippen LogP contribution in [0.3, 0.4) is 0 Å². The Morgan fingerprint density at radius 3 is 2.78 bits per heavy atom. The molecular formula is C35H34F2N4O4. The second-order valence-electron chi connectivity index (χ2n) is 12.6. The number of phenols is 1. The van der Waals surface area contributed by atoms with Crippen LogP contribution < -0.4 is 15.0 Å². The largest absolute Gasteiger partial charge is 0.508 e. The molecule has 2 aromatic heterocycles. The van der Waals surface area contributed by atoms with E-state index < -0.39 is 11.6 Å². The molecule has 8 rings (SSSR count). The number of fused-ring (bicyclic) bond motifs is 6. The smallest absolute Gasteiger partial charge is 0.226 e. The molecule has 4 aliphatic rings. The zero-order valence-corrected chi connectivity index (χ0v) is 25.2. The molecule has 0 aliphatic carbocycles. The van der Waals surface area contributed by atoms with Crippen LogP contribution in [-0.4, -0.2) is 71.8 Å². The van der Waals surface area contributed by atoms with Crippen LogP contribution in [0.15, 0.2) is 24.3 Å². The molecule has 0 amide bonds. The quantitative estimate of drug-likeness (QED) is 0.228. The number of phenolic OH excluding ortho intramolecular Hbond substituents is 1. The van der Waals surface area contributed by atoms with E-state index in [1.165, 1.54) is 24.3 Å². The second kappa shape index (κ2) is 10.8. The molecule has 10 heteroatoms. The number of rotatable bonds is 6. The number of hydrogen-bond acceptors (Lipinski definition) is 8. The summed E-state index contributed by atoms with van der Waals surface area (Å²) in [5, 5.41) is 16.1. The molecule has 4 aliphatic heterocycles. The van der Waals surface area contributed by atoms with Crippen LogP contribution in [0.25, 0.3) is 32.8 Å². The molecule has 6 heterocycles. The van der Waals surface area contributed by atoms with Gasteiger partial charge < -0.3 is 29.5 Å². The van der Waals surface area contributed by atoms with Crippen molar-refractivity contribution in [3.05, 3.63) is 52.7 Å². The van der Waals surface area contributed by atoms with Gasteiger partial charge in [-0.15, -0.1) is 6.42 Å². The van der Waals surface area contributed by atoms with Gasteiger partial charge in [0.15, 0.2) is 5.82 Å². The molecule has 3 saturated heterocycles. The molecule has 0 saturated carbocycles. The van der Waals surface area contributed by atoms with E-state index in [0.29, 0.717) is 71.6 Å². The number of benzene rings is 2. The molecule has 0 unspecified atom stereocenters. The minimum atomic E-state index is -0.610. The number of pyridine rings is 2. The molecule has 0 radical (unpaired) electrons. The first-order valence-electron chi connectivity index (χ1n) is 15.7. The molecule has 2 bridgehead atoms. The van der Waals surface area contributed by atoms with Crippen molar-refractivity contribution in [1.82, 2.24) is 15.3 Å². The standard InChI is InChI=1S/C35H34F2N4O4/c1-4-23-25(36)9-7-19-12-21(42)13-24(29(19)23)32-31(37)28-17(2)26(6-5-11-44-22-15-43-16-22)39-34-30(28)35(40-32)45-18(3)33-27-10-8-20(38-27)14-41(33)34/h1,7,9,12-13,18,20,22,27,33,38,42H,5-6,8,10-11,14-16H2,2-3H3/t18-,20+,27-,33+/m0/s1. The molecule has 8 nitrogen and oxygen atoms in total. The SMILES string of the molecule is C#Cc1c(F)ccc2cc(O)cc(-c3nc4c5c(nc(CCCOC6COC6)c(C)c5c3F)N3C[C@H]5CC[C@H](N5)[C@H]3[C@H](C)O4)c12. The van der Waals surface area contributed by atoms with Crippen LogP contribution in [0.5, 0.6) is 11.6 Å². The lowest BCUT2D eigenvalue weighted by Crippen LogP contribution is -2.62. The summed E-state index contributed by atoms with van der Waals surface area (Å²) in [7, 11) is 0. The number of halogens is 2. The van der Waals surface area contributed by atoms with Crippen LogP contribution in [-0.2, 0) is 15.9 Å². The Morgan fingerprint density at radius 2 is 2.00 bits per heavy atom. The van der Waals surface area contributed by atoms with Crippen LogP contribution in [0.1, 0.15) is 43.0 Å². The molecule has 2 aromatic carbocycles. The van der Waals surface area contributed by atoms with Gasteiger partial charge in [0.05, 0.1) is 30.2 Å². The van der Waals surface area contributed by atoms with Crippen molar-refractivity contribution in [3.8, 4) is 35.2 Å². The number of ether oxygens (including phenoxy) is 3. The minimum Gasteiger partial charge on any atom is -0.508 e. The average Bonchev–Trinajstić information content (AvgIpc) is 3.32. The highest BCUT2D eigenvalue weighted by atomic mass is 19.1. The fourth-order valence-corrected chi connectivity index (χ4v) is 7.67. The molecular weight excluding hydrogens is 578 g/mol. The Bertz CT molecular complexity index is 1910. The number of aromatic hydroxyl groups is 1. The Labute approximate surface area is 259 Å². The number of anilines is 1. The highest BCUT2D eigenvalue weighted by molar-refractivity contribution is 6.06. The summed E-state index contributed by atoms with van der Waals surface area (Å²) in [6, 6.07) is 6.12. The molecule has 3 fully saturated rings. The lowest BCUT2D eigenvalue weighted by atomic mass is 9.94. The lowest BCUT2D eigenvalue weighted by molar-refractivity contribution is -0.129. The van der Waals surface area contributed by atoms with Gasteiger partial charge in [-0.05, 0) is 68.7 Å². The van der Waals surface area contributed by atoms with E-state index in [0.717, 1.165) is 25.1 Å². The number of aryl methyl sites for hydroxylation is 2. The van der Waals surface area contributed by atoms with E-state index in [2.05, 4.69) is 16.1 Å². The zero-order chi connectivity index (χ0) is 31.0. The Kier molecular flexibility index (Phi) is 6.82. The van der Waals surface area contributed by atoms with Gasteiger partial charge in [-0.3, -0.25) is 0 Å². The number of piperazine rings is 1. The van der Waals surface area contributed by atoms with Crippen molar-refractivity contribution in [2.24, 2.45) is 0 Å². The minimum absolute atomic E-state index is 0.0205. The number of terminal acetylenes is 1. The van der Waals surface area contributed by atoms with Gasteiger partial charge in [-0.2, -0.15) is 0 Å². The van der Waals surface area contributed by atoms with Crippen LogP contribution in [0.4, 0.5) is 14.6 Å². The predicted molar refractivity (Wildman–Crippen MR) is 167 cm³/mol. The fourth-order valence-electron chi connectivity index (χ4n) is 7.67.